The molecule has 1 heterocycles. The number of aliphatic hydroxyl groups is 1. The summed E-state index contributed by atoms with van der Waals surface area (Å²) in [7, 11) is 0. The molecule has 0 amide bonds. The Hall–Kier alpha value is -1.12. The fourth-order valence-corrected chi connectivity index (χ4v) is 4.23. The molecule has 1 aliphatic heterocycles. The number of hydrogen-bond acceptors (Lipinski definition) is 2. The van der Waals surface area contributed by atoms with Gasteiger partial charge < -0.3 is 9.84 Å². The van der Waals surface area contributed by atoms with Crippen molar-refractivity contribution in [2.75, 3.05) is 13.2 Å². The van der Waals surface area contributed by atoms with Gasteiger partial charge in [0, 0.05) is 11.3 Å². The number of ether oxygens (including phenoxy) is 1. The van der Waals surface area contributed by atoms with Crippen LogP contribution >= 0.6 is 0 Å². The predicted molar refractivity (Wildman–Crippen MR) is 80.2 cm³/mol. The third kappa shape index (κ3) is 1.86. The van der Waals surface area contributed by atoms with E-state index in [1.165, 1.54) is 11.1 Å². The quantitative estimate of drug-likeness (QED) is 0.834. The smallest absolute Gasteiger partial charge is 0.0893 e. The van der Waals surface area contributed by atoms with Gasteiger partial charge >= 0.3 is 0 Å². The molecule has 0 unspecified atom stereocenters. The molecule has 0 aromatic heterocycles. The van der Waals surface area contributed by atoms with Crippen molar-refractivity contribution in [3.05, 3.63) is 47.5 Å². The molecular weight excluding hydrogens is 248 g/mol. The van der Waals surface area contributed by atoms with Crippen LogP contribution in [0.3, 0.4) is 0 Å². The molecule has 1 N–H and O–H groups in total. The molecule has 1 saturated heterocycles. The highest BCUT2D eigenvalue weighted by Gasteiger charge is 2.53. The summed E-state index contributed by atoms with van der Waals surface area (Å²) in [4.78, 5) is 0. The Balaban J connectivity index is 2.02. The second-order valence-corrected chi connectivity index (χ2v) is 6.55. The van der Waals surface area contributed by atoms with Crippen molar-refractivity contribution in [1.82, 2.24) is 0 Å². The van der Waals surface area contributed by atoms with Crippen molar-refractivity contribution >= 4 is 0 Å². The average molecular weight is 272 g/mol. The van der Waals surface area contributed by atoms with Crippen LogP contribution in [-0.2, 0) is 4.74 Å². The van der Waals surface area contributed by atoms with Gasteiger partial charge in [0.2, 0.25) is 0 Å². The number of aliphatic hydroxyl groups excluding tert-OH is 1. The minimum absolute atomic E-state index is 0.116. The van der Waals surface area contributed by atoms with Crippen LogP contribution in [0.15, 0.2) is 42.0 Å². The Morgan fingerprint density at radius 1 is 1.25 bits per heavy atom. The molecule has 2 heteroatoms. The summed E-state index contributed by atoms with van der Waals surface area (Å²) in [5.74, 6) is 1.18. The van der Waals surface area contributed by atoms with Crippen LogP contribution in [0.5, 0.6) is 0 Å². The molecular formula is C18H24O2. The van der Waals surface area contributed by atoms with Gasteiger partial charge in [-0.25, -0.2) is 0 Å². The van der Waals surface area contributed by atoms with Gasteiger partial charge in [-0.15, -0.1) is 0 Å². The maximum atomic E-state index is 9.97. The van der Waals surface area contributed by atoms with Crippen molar-refractivity contribution in [2.45, 2.75) is 26.9 Å². The second-order valence-electron chi connectivity index (χ2n) is 6.55. The Kier molecular flexibility index (Phi) is 3.47. The third-order valence-electron chi connectivity index (χ3n) is 5.67. The largest absolute Gasteiger partial charge is 0.396 e. The van der Waals surface area contributed by atoms with Gasteiger partial charge in [0.1, 0.15) is 0 Å². The van der Waals surface area contributed by atoms with E-state index in [4.69, 9.17) is 4.74 Å². The molecule has 0 spiro atoms. The molecule has 5 atom stereocenters. The van der Waals surface area contributed by atoms with Crippen molar-refractivity contribution in [3.8, 4) is 0 Å². The van der Waals surface area contributed by atoms with E-state index in [0.717, 1.165) is 0 Å². The standard InChI is InChI=1S/C18H24O2/c1-12-9-13(2)18(10-19)11-20-17(16(12)14(18)3)15-7-5-4-6-8-15/h4-9,13-14,16-17,19H,10-11H2,1-3H3/t13-,14-,16-,17+,18+/m0/s1. The topological polar surface area (TPSA) is 29.5 Å². The minimum atomic E-state index is -0.116. The van der Waals surface area contributed by atoms with Crippen molar-refractivity contribution < 1.29 is 9.84 Å². The summed E-state index contributed by atoms with van der Waals surface area (Å²) < 4.78 is 6.24. The van der Waals surface area contributed by atoms with E-state index in [2.05, 4.69) is 51.1 Å². The Bertz CT molecular complexity index is 507. The Labute approximate surface area is 121 Å². The molecule has 1 fully saturated rings. The van der Waals surface area contributed by atoms with Gasteiger partial charge in [-0.1, -0.05) is 55.8 Å². The highest BCUT2D eigenvalue weighted by molar-refractivity contribution is 5.27. The van der Waals surface area contributed by atoms with Crippen LogP contribution in [-0.4, -0.2) is 18.3 Å². The third-order valence-corrected chi connectivity index (χ3v) is 5.67. The van der Waals surface area contributed by atoms with Gasteiger partial charge in [0.05, 0.1) is 19.3 Å². The summed E-state index contributed by atoms with van der Waals surface area (Å²) in [6, 6.07) is 10.5. The first-order valence-corrected chi connectivity index (χ1v) is 7.56. The maximum absolute atomic E-state index is 9.97. The van der Waals surface area contributed by atoms with E-state index in [-0.39, 0.29) is 18.1 Å². The molecule has 1 aromatic rings. The van der Waals surface area contributed by atoms with Crippen LogP contribution < -0.4 is 0 Å². The van der Waals surface area contributed by atoms with E-state index in [9.17, 15) is 5.11 Å². The zero-order chi connectivity index (χ0) is 14.3. The number of allylic oxidation sites excluding steroid dienone is 1. The van der Waals surface area contributed by atoms with Crippen molar-refractivity contribution in [1.29, 1.82) is 0 Å². The molecule has 108 valence electrons. The first kappa shape index (κ1) is 13.8. The lowest BCUT2D eigenvalue weighted by atomic mass is 9.56. The zero-order valence-corrected chi connectivity index (χ0v) is 12.5. The summed E-state index contributed by atoms with van der Waals surface area (Å²) in [6.07, 6.45) is 2.47. The number of fused-ring (bicyclic) bond motifs is 2. The van der Waals surface area contributed by atoms with Gasteiger partial charge in [0.15, 0.2) is 0 Å². The summed E-state index contributed by atoms with van der Waals surface area (Å²) in [5.41, 5.74) is 2.54. The Morgan fingerprint density at radius 2 is 1.95 bits per heavy atom. The summed E-state index contributed by atoms with van der Waals surface area (Å²) >= 11 is 0. The molecule has 0 saturated carbocycles. The first-order valence-electron chi connectivity index (χ1n) is 7.56. The van der Waals surface area contributed by atoms with E-state index in [1.807, 2.05) is 6.07 Å². The zero-order valence-electron chi connectivity index (χ0n) is 12.5. The highest BCUT2D eigenvalue weighted by Crippen LogP contribution is 2.55. The molecule has 20 heavy (non-hydrogen) atoms. The van der Waals surface area contributed by atoms with Gasteiger partial charge in [0.25, 0.3) is 0 Å². The molecule has 1 aliphatic carbocycles. The summed E-state index contributed by atoms with van der Waals surface area (Å²) in [6.45, 7) is 7.55. The van der Waals surface area contributed by atoms with E-state index >= 15 is 0 Å². The number of rotatable bonds is 2. The second kappa shape index (κ2) is 5.01. The molecule has 2 aliphatic rings. The average Bonchev–Trinajstić information content (AvgIpc) is 2.46. The van der Waals surface area contributed by atoms with E-state index in [1.54, 1.807) is 0 Å². The molecule has 2 nitrogen and oxygen atoms in total. The Morgan fingerprint density at radius 3 is 2.60 bits per heavy atom. The lowest BCUT2D eigenvalue weighted by Gasteiger charge is -2.55. The van der Waals surface area contributed by atoms with Crippen LogP contribution in [0.1, 0.15) is 32.4 Å². The highest BCUT2D eigenvalue weighted by atomic mass is 16.5. The number of hydrogen-bond donors (Lipinski definition) is 1. The van der Waals surface area contributed by atoms with Crippen LogP contribution in [0.25, 0.3) is 0 Å². The van der Waals surface area contributed by atoms with Gasteiger partial charge in [-0.05, 0) is 24.3 Å². The molecule has 2 bridgehead atoms. The van der Waals surface area contributed by atoms with Crippen LogP contribution in [0, 0.1) is 23.2 Å². The SMILES string of the molecule is CC1=C[C@H](C)[C@@]2(CO)CO[C@H](c3ccccc3)[C@@H]1[C@@H]2C. The van der Waals surface area contributed by atoms with Gasteiger partial charge in [-0.2, -0.15) is 0 Å². The fraction of sp³-hybridized carbons (Fsp3) is 0.556. The maximum Gasteiger partial charge on any atom is 0.0893 e. The first-order chi connectivity index (χ1) is 9.60. The monoisotopic (exact) mass is 272 g/mol. The van der Waals surface area contributed by atoms with Crippen LogP contribution in [0.4, 0.5) is 0 Å². The molecule has 3 rings (SSSR count). The fourth-order valence-electron chi connectivity index (χ4n) is 4.23. The van der Waals surface area contributed by atoms with Gasteiger partial charge in [-0.3, -0.25) is 0 Å². The lowest BCUT2D eigenvalue weighted by molar-refractivity contribution is -0.165. The minimum Gasteiger partial charge on any atom is -0.396 e. The van der Waals surface area contributed by atoms with E-state index in [0.29, 0.717) is 24.4 Å². The number of benzene rings is 1. The normalized spacial score (nSPS) is 40.3. The molecule has 0 radical (unpaired) electrons. The van der Waals surface area contributed by atoms with Crippen LogP contribution in [0.2, 0.25) is 0 Å². The molecule has 1 aromatic carbocycles. The van der Waals surface area contributed by atoms with Crippen molar-refractivity contribution in [3.63, 3.8) is 0 Å². The predicted octanol–water partition coefficient (Wildman–Crippen LogP) is 3.58. The summed E-state index contributed by atoms with van der Waals surface area (Å²) in [5, 5.41) is 9.97. The van der Waals surface area contributed by atoms with Crippen molar-refractivity contribution in [2.24, 2.45) is 23.2 Å². The lowest BCUT2D eigenvalue weighted by Crippen LogP contribution is -2.53. The van der Waals surface area contributed by atoms with E-state index < -0.39 is 0 Å².